The largest absolute Gasteiger partial charge is 0.416 e. The minimum atomic E-state index is -4.47. The van der Waals surface area contributed by atoms with Gasteiger partial charge in [-0.3, -0.25) is 4.79 Å². The Labute approximate surface area is 236 Å². The van der Waals surface area contributed by atoms with E-state index in [-0.39, 0.29) is 12.6 Å². The maximum Gasteiger partial charge on any atom is 0.416 e. The van der Waals surface area contributed by atoms with Crippen molar-refractivity contribution in [2.45, 2.75) is 45.3 Å². The summed E-state index contributed by atoms with van der Waals surface area (Å²) in [6.45, 7) is 6.97. The average Bonchev–Trinajstić information content (AvgIpc) is 3.34. The number of fused-ring (bicyclic) bond motifs is 2. The molecule has 3 aromatic rings. The second-order valence-electron chi connectivity index (χ2n) is 11.7. The van der Waals surface area contributed by atoms with Gasteiger partial charge in [-0.2, -0.15) is 13.2 Å². The second-order valence-corrected chi connectivity index (χ2v) is 11.7. The molecule has 7 nitrogen and oxygen atoms in total. The number of imidazole rings is 1. The highest BCUT2D eigenvalue weighted by molar-refractivity contribution is 5.86. The fraction of sp³-hybridized carbons (Fsp3) is 0.387. The van der Waals surface area contributed by atoms with Gasteiger partial charge in [-0.15, -0.1) is 0 Å². The first-order valence-electron chi connectivity index (χ1n) is 13.7. The van der Waals surface area contributed by atoms with Crippen LogP contribution in [0.5, 0.6) is 0 Å². The Morgan fingerprint density at radius 2 is 1.88 bits per heavy atom. The summed E-state index contributed by atoms with van der Waals surface area (Å²) >= 11 is 0. The first kappa shape index (κ1) is 28.4. The Balaban J connectivity index is 1.39. The third-order valence-electron chi connectivity index (χ3n) is 7.92. The van der Waals surface area contributed by atoms with Gasteiger partial charge in [0.05, 0.1) is 22.5 Å². The number of hydrogen-bond donors (Lipinski definition) is 2. The smallest absolute Gasteiger partial charge is 0.369 e. The molecule has 2 aromatic carbocycles. The van der Waals surface area contributed by atoms with Crippen LogP contribution < -0.4 is 5.73 Å². The number of aromatic nitrogens is 2. The van der Waals surface area contributed by atoms with Crippen LogP contribution in [0.3, 0.4) is 0 Å². The van der Waals surface area contributed by atoms with Gasteiger partial charge in [0.1, 0.15) is 5.82 Å². The molecule has 5 rings (SSSR count). The molecule has 3 amide bonds. The summed E-state index contributed by atoms with van der Waals surface area (Å²) in [6.07, 6.45) is -0.153. The van der Waals surface area contributed by atoms with Crippen molar-refractivity contribution in [1.82, 2.24) is 19.8 Å². The highest BCUT2D eigenvalue weighted by Crippen LogP contribution is 2.41. The molecule has 10 heteroatoms. The molecule has 216 valence electrons. The molecule has 41 heavy (non-hydrogen) atoms. The Morgan fingerprint density at radius 1 is 1.12 bits per heavy atom. The number of halogens is 3. The van der Waals surface area contributed by atoms with E-state index in [9.17, 15) is 22.8 Å². The summed E-state index contributed by atoms with van der Waals surface area (Å²) in [5.41, 5.74) is 8.27. The van der Waals surface area contributed by atoms with Crippen LogP contribution in [0.25, 0.3) is 16.6 Å². The van der Waals surface area contributed by atoms with Gasteiger partial charge >= 0.3 is 12.2 Å². The Morgan fingerprint density at radius 3 is 2.56 bits per heavy atom. The van der Waals surface area contributed by atoms with E-state index in [0.717, 1.165) is 34.6 Å². The van der Waals surface area contributed by atoms with Gasteiger partial charge in [0.25, 0.3) is 0 Å². The van der Waals surface area contributed by atoms with E-state index < -0.39 is 35.0 Å². The zero-order valence-corrected chi connectivity index (χ0v) is 23.3. The summed E-state index contributed by atoms with van der Waals surface area (Å²) in [6, 6.07) is 12.8. The molecule has 2 unspecified atom stereocenters. The number of allylic oxidation sites excluding steroid dienone is 2. The van der Waals surface area contributed by atoms with Crippen LogP contribution in [0, 0.1) is 11.8 Å². The number of likely N-dealkylation sites (tertiary alicyclic amines) is 1. The summed E-state index contributed by atoms with van der Waals surface area (Å²) in [4.78, 5) is 37.8. The molecule has 0 radical (unpaired) electrons. The topological polar surface area (TPSA) is 95.3 Å². The van der Waals surface area contributed by atoms with E-state index in [1.807, 2.05) is 45.0 Å². The number of rotatable bonds is 5. The number of carbonyl (C=O) groups excluding carboxylic acids is 2. The van der Waals surface area contributed by atoms with Crippen LogP contribution in [-0.4, -0.2) is 56.9 Å². The number of hydrogen-bond acceptors (Lipinski definition) is 3. The van der Waals surface area contributed by atoms with Gasteiger partial charge in [0, 0.05) is 37.5 Å². The van der Waals surface area contributed by atoms with Crippen molar-refractivity contribution < 1.29 is 22.8 Å². The van der Waals surface area contributed by atoms with E-state index in [4.69, 9.17) is 5.73 Å². The molecular formula is C31H34F3N5O2. The molecule has 3 N–H and O–H groups in total. The number of alkyl halides is 3. The molecule has 2 heterocycles. The normalized spacial score (nSPS) is 19.4. The van der Waals surface area contributed by atoms with Gasteiger partial charge in [-0.05, 0) is 62.6 Å². The average molecular weight is 566 g/mol. The third-order valence-corrected chi connectivity index (χ3v) is 7.92. The highest BCUT2D eigenvalue weighted by atomic mass is 19.4. The SMILES string of the molecule is CC(C)(C)N(CCc1nc2ccccc2[nH]1)C(=O)N1CCC2=C(c3cccc(C(F)(F)F)c3)C=CC(C(N)=O)C2C1. The third kappa shape index (κ3) is 5.87. The fourth-order valence-electron chi connectivity index (χ4n) is 5.83. The standard InChI is InChI=1S/C31H34F3N5O2/c1-30(2,3)39(16-14-27-36-25-9-4-5-10-26(25)37-27)29(41)38-15-13-22-21(11-12-23(28(35)40)24(22)18-38)19-7-6-8-20(17-19)31(32,33)34/h4-12,17,23-24H,13-16,18H2,1-3H3,(H2,35,40)(H,36,37). The summed E-state index contributed by atoms with van der Waals surface area (Å²) in [5.74, 6) is -0.821. The first-order valence-corrected chi connectivity index (χ1v) is 13.7. The number of primary amides is 1. The second kappa shape index (κ2) is 10.7. The van der Waals surface area contributed by atoms with Gasteiger partial charge in [0.2, 0.25) is 5.91 Å². The number of amides is 3. The van der Waals surface area contributed by atoms with Gasteiger partial charge in [-0.1, -0.05) is 42.0 Å². The molecule has 0 saturated carbocycles. The van der Waals surface area contributed by atoms with Crippen LogP contribution in [0.1, 0.15) is 44.1 Å². The summed E-state index contributed by atoms with van der Waals surface area (Å²) < 4.78 is 40.3. The van der Waals surface area contributed by atoms with Crippen LogP contribution in [-0.2, 0) is 17.4 Å². The van der Waals surface area contributed by atoms with Crippen molar-refractivity contribution in [2.75, 3.05) is 19.6 Å². The van der Waals surface area contributed by atoms with Crippen molar-refractivity contribution in [3.8, 4) is 0 Å². The molecule has 0 bridgehead atoms. The molecule has 1 saturated heterocycles. The lowest BCUT2D eigenvalue weighted by Crippen LogP contribution is -2.56. The van der Waals surface area contributed by atoms with E-state index in [0.29, 0.717) is 37.1 Å². The van der Waals surface area contributed by atoms with Crippen LogP contribution >= 0.6 is 0 Å². The number of carbonyl (C=O) groups is 2. The predicted octanol–water partition coefficient (Wildman–Crippen LogP) is 5.79. The summed E-state index contributed by atoms with van der Waals surface area (Å²) in [5, 5.41) is 0. The van der Waals surface area contributed by atoms with E-state index in [1.54, 1.807) is 28.0 Å². The molecule has 2 aliphatic rings. The van der Waals surface area contributed by atoms with Crippen LogP contribution in [0.2, 0.25) is 0 Å². The van der Waals surface area contributed by atoms with E-state index in [1.165, 1.54) is 6.07 Å². The number of urea groups is 1. The van der Waals surface area contributed by atoms with Crippen LogP contribution in [0.15, 0.2) is 66.3 Å². The molecule has 2 atom stereocenters. The molecule has 1 aromatic heterocycles. The van der Waals surface area contributed by atoms with E-state index in [2.05, 4.69) is 9.97 Å². The maximum atomic E-state index is 13.9. The number of nitrogens with two attached hydrogens (primary N) is 1. The Hall–Kier alpha value is -4.08. The van der Waals surface area contributed by atoms with Crippen molar-refractivity contribution in [3.05, 3.63) is 83.2 Å². The Bertz CT molecular complexity index is 1500. The fourth-order valence-corrected chi connectivity index (χ4v) is 5.83. The number of nitrogens with zero attached hydrogens (tertiary/aromatic N) is 3. The van der Waals surface area contributed by atoms with Crippen molar-refractivity contribution in [2.24, 2.45) is 17.6 Å². The van der Waals surface area contributed by atoms with Crippen molar-refractivity contribution in [3.63, 3.8) is 0 Å². The minimum Gasteiger partial charge on any atom is -0.369 e. The monoisotopic (exact) mass is 565 g/mol. The number of nitrogens with one attached hydrogen (secondary N) is 1. The lowest BCUT2D eigenvalue weighted by molar-refractivity contribution is -0.137. The lowest BCUT2D eigenvalue weighted by Gasteiger charge is -2.44. The van der Waals surface area contributed by atoms with Gasteiger partial charge < -0.3 is 20.5 Å². The maximum absolute atomic E-state index is 13.9. The zero-order chi connectivity index (χ0) is 29.5. The quantitative estimate of drug-likeness (QED) is 0.410. The number of benzene rings is 2. The molecule has 1 fully saturated rings. The van der Waals surface area contributed by atoms with E-state index >= 15 is 0 Å². The number of piperidine rings is 1. The lowest BCUT2D eigenvalue weighted by atomic mass is 9.73. The van der Waals surface area contributed by atoms with Crippen molar-refractivity contribution in [1.29, 1.82) is 0 Å². The zero-order valence-electron chi connectivity index (χ0n) is 23.3. The van der Waals surface area contributed by atoms with Gasteiger partial charge in [0.15, 0.2) is 0 Å². The summed E-state index contributed by atoms with van der Waals surface area (Å²) in [7, 11) is 0. The number of aromatic amines is 1. The molecular weight excluding hydrogens is 531 g/mol. The molecule has 1 aliphatic heterocycles. The first-order chi connectivity index (χ1) is 19.3. The van der Waals surface area contributed by atoms with Crippen molar-refractivity contribution >= 4 is 28.5 Å². The molecule has 1 aliphatic carbocycles. The number of H-pyrrole nitrogens is 1. The predicted molar refractivity (Wildman–Crippen MR) is 152 cm³/mol. The Kier molecular flexibility index (Phi) is 7.44. The van der Waals surface area contributed by atoms with Gasteiger partial charge in [-0.25, -0.2) is 9.78 Å². The highest BCUT2D eigenvalue weighted by Gasteiger charge is 2.40. The molecule has 0 spiro atoms. The van der Waals surface area contributed by atoms with Crippen LogP contribution in [0.4, 0.5) is 18.0 Å². The minimum absolute atomic E-state index is 0.161. The number of para-hydroxylation sites is 2.